The zero-order valence-electron chi connectivity index (χ0n) is 6.96. The molecule has 0 heterocycles. The summed E-state index contributed by atoms with van der Waals surface area (Å²) in [6.07, 6.45) is 0. The lowest BCUT2D eigenvalue weighted by Crippen LogP contribution is -2.20. The predicted octanol–water partition coefficient (Wildman–Crippen LogP) is -0.00420. The van der Waals surface area contributed by atoms with E-state index in [-0.39, 0.29) is 25.2 Å². The molecule has 0 aliphatic rings. The summed E-state index contributed by atoms with van der Waals surface area (Å²) in [4.78, 5) is 0. The molecule has 10 heavy (non-hydrogen) atoms. The van der Waals surface area contributed by atoms with Crippen LogP contribution in [0.1, 0.15) is 20.8 Å². The predicted molar refractivity (Wildman–Crippen MR) is 40.7 cm³/mol. The van der Waals surface area contributed by atoms with Crippen LogP contribution >= 0.6 is 0 Å². The Hall–Kier alpha value is -0.120. The quantitative estimate of drug-likeness (QED) is 0.519. The Kier molecular flexibility index (Phi) is 8.77. The summed E-state index contributed by atoms with van der Waals surface area (Å²) in [6, 6.07) is 0. The first kappa shape index (κ1) is 12.5. The lowest BCUT2D eigenvalue weighted by molar-refractivity contribution is 0.0857. The van der Waals surface area contributed by atoms with E-state index in [0.717, 1.165) is 0 Å². The van der Waals surface area contributed by atoms with Crippen LogP contribution in [0.5, 0.6) is 0 Å². The molecule has 0 aromatic rings. The molecule has 0 spiro atoms. The van der Waals surface area contributed by atoms with Crippen molar-refractivity contribution in [2.24, 2.45) is 5.41 Å². The molecule has 0 aliphatic carbocycles. The van der Waals surface area contributed by atoms with Gasteiger partial charge in [-0.2, -0.15) is 0 Å². The molecule has 0 rings (SSSR count). The largest absolute Gasteiger partial charge is 0.397 e. The number of aliphatic hydroxyl groups excluding tert-OH is 3. The van der Waals surface area contributed by atoms with Gasteiger partial charge in [-0.1, -0.05) is 13.8 Å². The average molecular weight is 150 g/mol. The normalized spacial score (nSPS) is 10.2. The maximum absolute atomic E-state index is 8.43. The Morgan fingerprint density at radius 3 is 1.20 bits per heavy atom. The number of hydrogen-bond donors (Lipinski definition) is 3. The molecule has 64 valence electrons. The molecule has 0 bridgehead atoms. The molecular formula is C7H18O3. The molecule has 0 saturated heterocycles. The maximum Gasteiger partial charge on any atom is 0.0504 e. The van der Waals surface area contributed by atoms with Gasteiger partial charge in [-0.15, -0.1) is 0 Å². The van der Waals surface area contributed by atoms with Crippen molar-refractivity contribution in [1.82, 2.24) is 0 Å². The molecule has 0 fully saturated rings. The lowest BCUT2D eigenvalue weighted by Gasteiger charge is -2.16. The summed E-state index contributed by atoms with van der Waals surface area (Å²) in [5.41, 5.74) is -0.306. The van der Waals surface area contributed by atoms with E-state index in [4.69, 9.17) is 15.3 Å². The third kappa shape index (κ3) is 10.8. The molecular weight excluding hydrogens is 132 g/mol. The van der Waals surface area contributed by atoms with Gasteiger partial charge >= 0.3 is 0 Å². The van der Waals surface area contributed by atoms with Crippen molar-refractivity contribution in [1.29, 1.82) is 0 Å². The van der Waals surface area contributed by atoms with Gasteiger partial charge in [0.1, 0.15) is 0 Å². The topological polar surface area (TPSA) is 60.7 Å². The Bertz CT molecular complexity index is 55.9. The number of hydrogen-bond acceptors (Lipinski definition) is 3. The molecule has 3 N–H and O–H groups in total. The van der Waals surface area contributed by atoms with Crippen LogP contribution in [0.25, 0.3) is 0 Å². The van der Waals surface area contributed by atoms with Gasteiger partial charge in [0.15, 0.2) is 0 Å². The first-order valence-corrected chi connectivity index (χ1v) is 3.36. The molecule has 0 aromatic carbocycles. The van der Waals surface area contributed by atoms with Crippen molar-refractivity contribution in [3.05, 3.63) is 0 Å². The molecule has 3 heteroatoms. The third-order valence-corrected chi connectivity index (χ3v) is 0.856. The van der Waals surface area contributed by atoms with Gasteiger partial charge in [0, 0.05) is 12.0 Å². The van der Waals surface area contributed by atoms with Gasteiger partial charge in [-0.25, -0.2) is 0 Å². The Morgan fingerprint density at radius 1 is 1.00 bits per heavy atom. The van der Waals surface area contributed by atoms with E-state index in [1.165, 1.54) is 0 Å². The van der Waals surface area contributed by atoms with E-state index in [1.807, 2.05) is 0 Å². The van der Waals surface area contributed by atoms with Crippen LogP contribution in [0.15, 0.2) is 0 Å². The summed E-state index contributed by atoms with van der Waals surface area (Å²) in [5.74, 6) is 0. The standard InChI is InChI=1S/C5H12O2.C2H6O/c1-5(2,3-6)4-7;1-2-3/h6-7H,3-4H2,1-2H3;3H,2H2,1H3. The van der Waals surface area contributed by atoms with Crippen molar-refractivity contribution < 1.29 is 15.3 Å². The second-order valence-electron chi connectivity index (χ2n) is 2.80. The van der Waals surface area contributed by atoms with Crippen LogP contribution in [0, 0.1) is 5.41 Å². The highest BCUT2D eigenvalue weighted by Crippen LogP contribution is 2.10. The Balaban J connectivity index is 0. The van der Waals surface area contributed by atoms with Crippen LogP contribution in [0.4, 0.5) is 0 Å². The van der Waals surface area contributed by atoms with Crippen LogP contribution in [-0.2, 0) is 0 Å². The minimum Gasteiger partial charge on any atom is -0.397 e. The zero-order chi connectivity index (χ0) is 8.62. The number of aliphatic hydroxyl groups is 3. The molecule has 0 radical (unpaired) electrons. The average Bonchev–Trinajstić information content (AvgIpc) is 1.90. The highest BCUT2D eigenvalue weighted by Gasteiger charge is 2.13. The highest BCUT2D eigenvalue weighted by atomic mass is 16.3. The van der Waals surface area contributed by atoms with Crippen molar-refractivity contribution in [2.45, 2.75) is 20.8 Å². The van der Waals surface area contributed by atoms with Crippen molar-refractivity contribution in [3.63, 3.8) is 0 Å². The van der Waals surface area contributed by atoms with Gasteiger partial charge in [0.25, 0.3) is 0 Å². The summed E-state index contributed by atoms with van der Waals surface area (Å²) in [6.45, 7) is 5.62. The lowest BCUT2D eigenvalue weighted by atomic mass is 9.97. The molecule has 0 aliphatic heterocycles. The minimum absolute atomic E-state index is 0.0451. The van der Waals surface area contributed by atoms with Crippen LogP contribution in [0.3, 0.4) is 0 Å². The first-order valence-electron chi connectivity index (χ1n) is 3.36. The van der Waals surface area contributed by atoms with E-state index in [1.54, 1.807) is 20.8 Å². The first-order chi connectivity index (χ1) is 4.54. The molecule has 0 unspecified atom stereocenters. The minimum atomic E-state index is -0.306. The van der Waals surface area contributed by atoms with E-state index >= 15 is 0 Å². The van der Waals surface area contributed by atoms with Gasteiger partial charge < -0.3 is 15.3 Å². The van der Waals surface area contributed by atoms with E-state index in [2.05, 4.69) is 0 Å². The van der Waals surface area contributed by atoms with Gasteiger partial charge in [-0.3, -0.25) is 0 Å². The summed E-state index contributed by atoms with van der Waals surface area (Å²) >= 11 is 0. The van der Waals surface area contributed by atoms with Crippen LogP contribution in [0.2, 0.25) is 0 Å². The van der Waals surface area contributed by atoms with Crippen LogP contribution in [-0.4, -0.2) is 35.1 Å². The molecule has 0 aromatic heterocycles. The van der Waals surface area contributed by atoms with Crippen molar-refractivity contribution in [3.8, 4) is 0 Å². The molecule has 0 atom stereocenters. The third-order valence-electron chi connectivity index (χ3n) is 0.856. The maximum atomic E-state index is 8.43. The molecule has 0 saturated carbocycles. The SMILES string of the molecule is CC(C)(CO)CO.CCO. The molecule has 0 amide bonds. The molecule has 3 nitrogen and oxygen atoms in total. The summed E-state index contributed by atoms with van der Waals surface area (Å²) in [7, 11) is 0. The van der Waals surface area contributed by atoms with E-state index in [0.29, 0.717) is 0 Å². The van der Waals surface area contributed by atoms with Crippen molar-refractivity contribution in [2.75, 3.05) is 19.8 Å². The second-order valence-corrected chi connectivity index (χ2v) is 2.80. The zero-order valence-corrected chi connectivity index (χ0v) is 6.96. The Morgan fingerprint density at radius 2 is 1.20 bits per heavy atom. The summed E-state index contributed by atoms with van der Waals surface area (Å²) in [5, 5.41) is 24.4. The smallest absolute Gasteiger partial charge is 0.0504 e. The fraction of sp³-hybridized carbons (Fsp3) is 1.00. The van der Waals surface area contributed by atoms with Crippen molar-refractivity contribution >= 4 is 0 Å². The Labute approximate surface area is 62.3 Å². The van der Waals surface area contributed by atoms with E-state index in [9.17, 15) is 0 Å². The van der Waals surface area contributed by atoms with Gasteiger partial charge in [-0.05, 0) is 6.92 Å². The fourth-order valence-electron chi connectivity index (χ4n) is 0.0500. The highest BCUT2D eigenvalue weighted by molar-refractivity contribution is 4.62. The van der Waals surface area contributed by atoms with Gasteiger partial charge in [0.05, 0.1) is 13.2 Å². The monoisotopic (exact) mass is 150 g/mol. The number of rotatable bonds is 2. The summed E-state index contributed by atoms with van der Waals surface area (Å²) < 4.78 is 0. The van der Waals surface area contributed by atoms with E-state index < -0.39 is 0 Å². The fourth-order valence-corrected chi connectivity index (χ4v) is 0.0500. The second kappa shape index (κ2) is 6.99. The van der Waals surface area contributed by atoms with Crippen LogP contribution < -0.4 is 0 Å². The van der Waals surface area contributed by atoms with Gasteiger partial charge in [0.2, 0.25) is 0 Å².